The van der Waals surface area contributed by atoms with Crippen molar-refractivity contribution in [3.05, 3.63) is 0 Å². The van der Waals surface area contributed by atoms with Crippen LogP contribution in [0, 0.1) is 0 Å². The molecule has 0 aliphatic carbocycles. The summed E-state index contributed by atoms with van der Waals surface area (Å²) in [5.74, 6) is 0. The van der Waals surface area contributed by atoms with Gasteiger partial charge in [-0.3, -0.25) is 0 Å². The van der Waals surface area contributed by atoms with Crippen molar-refractivity contribution < 1.29 is 136 Å². The van der Waals surface area contributed by atoms with Crippen LogP contribution in [0.5, 0.6) is 0 Å². The maximum Gasteiger partial charge on any atom is 0 e. The van der Waals surface area contributed by atoms with Gasteiger partial charge in [-0.15, -0.1) is 0 Å². The molecule has 0 saturated carbocycles. The molecule has 0 rings (SSSR count). The van der Waals surface area contributed by atoms with Crippen LogP contribution >= 0.6 is 0 Å². The van der Waals surface area contributed by atoms with E-state index in [1.54, 1.807) is 0 Å². The second kappa shape index (κ2) is 141. The summed E-state index contributed by atoms with van der Waals surface area (Å²) < 4.78 is 0. The van der Waals surface area contributed by atoms with E-state index in [0.717, 1.165) is 0 Å². The van der Waals surface area contributed by atoms with Crippen molar-refractivity contribution >= 4 is 0 Å². The van der Waals surface area contributed by atoms with Crippen LogP contribution < -0.4 is 0 Å². The molecule has 0 atom stereocenters. The van der Waals surface area contributed by atoms with E-state index in [0.29, 0.717) is 0 Å². The number of hydrogen-bond acceptors (Lipinski definition) is 0. The fourth-order valence-electron chi connectivity index (χ4n) is 0. The Morgan fingerprint density at radius 2 is 0.200 bits per heavy atom. The molecule has 0 heterocycles. The van der Waals surface area contributed by atoms with Crippen molar-refractivity contribution in [3.63, 3.8) is 0 Å². The summed E-state index contributed by atoms with van der Waals surface area (Å²) in [6, 6.07) is 0. The normalized spacial score (nSPS) is 0. The Balaban J connectivity index is 0. The van der Waals surface area contributed by atoms with Crippen LogP contribution in [-0.2, 0) is 109 Å². The fourth-order valence-corrected chi connectivity index (χ4v) is 0. The molecule has 0 aliphatic heterocycles. The molecule has 0 saturated heterocycles. The maximum atomic E-state index is 0. The molecule has 0 amide bonds. The van der Waals surface area contributed by atoms with Crippen molar-refractivity contribution in [3.8, 4) is 0 Å². The predicted molar refractivity (Wildman–Crippen MR) is 18.1 cm³/mol. The molecule has 5 nitrogen and oxygen atoms in total. The van der Waals surface area contributed by atoms with E-state index in [1.807, 2.05) is 0 Å². The largest absolute Gasteiger partial charge is 0.412 e. The van der Waals surface area contributed by atoms with Gasteiger partial charge in [0.1, 0.15) is 0 Å². The summed E-state index contributed by atoms with van der Waals surface area (Å²) in [6.07, 6.45) is 0. The molecule has 0 aliphatic rings. The van der Waals surface area contributed by atoms with Crippen molar-refractivity contribution in [2.75, 3.05) is 0 Å². The molecule has 0 aromatic carbocycles. The SMILES string of the molecule is O.O.O.O.O.[Ti].[Ti].[Ti].[Ti].[Ti]. The van der Waals surface area contributed by atoms with E-state index >= 15 is 0 Å². The topological polar surface area (TPSA) is 158 Å². The minimum atomic E-state index is 0. The van der Waals surface area contributed by atoms with E-state index < -0.39 is 0 Å². The van der Waals surface area contributed by atoms with Gasteiger partial charge < -0.3 is 27.4 Å². The Morgan fingerprint density at radius 1 is 0.200 bits per heavy atom. The predicted octanol–water partition coefficient (Wildman–Crippen LogP) is -4.14. The smallest absolute Gasteiger partial charge is 0 e. The van der Waals surface area contributed by atoms with Crippen LogP contribution in [-0.4, -0.2) is 27.4 Å². The van der Waals surface area contributed by atoms with Crippen molar-refractivity contribution in [2.24, 2.45) is 0 Å². The van der Waals surface area contributed by atoms with Gasteiger partial charge in [-0.25, -0.2) is 0 Å². The standard InChI is InChI=1S/5H2O.5Ti/h5*1H2;;;;;. The molecule has 0 unspecified atom stereocenters. The zero-order valence-electron chi connectivity index (χ0n) is 5.00. The molecular weight excluding hydrogens is 319 g/mol. The van der Waals surface area contributed by atoms with Gasteiger partial charge in [-0.2, -0.15) is 0 Å². The van der Waals surface area contributed by atoms with Gasteiger partial charge in [-0.1, -0.05) is 0 Å². The minimum absolute atomic E-state index is 0. The van der Waals surface area contributed by atoms with Crippen molar-refractivity contribution in [1.82, 2.24) is 0 Å². The number of hydrogen-bond donors (Lipinski definition) is 0. The van der Waals surface area contributed by atoms with Crippen molar-refractivity contribution in [1.29, 1.82) is 0 Å². The Labute approximate surface area is 134 Å². The summed E-state index contributed by atoms with van der Waals surface area (Å²) >= 11 is 0. The molecular formula is H10O5Ti5. The zero-order valence-corrected chi connectivity index (χ0v) is 12.8. The van der Waals surface area contributed by atoms with E-state index in [4.69, 9.17) is 0 Å². The first-order valence-electron chi connectivity index (χ1n) is 0. The summed E-state index contributed by atoms with van der Waals surface area (Å²) in [4.78, 5) is 0. The average Bonchev–Trinajstić information content (AvgIpc) is 0. The molecule has 0 fully saturated rings. The third-order valence-corrected chi connectivity index (χ3v) is 0. The van der Waals surface area contributed by atoms with Gasteiger partial charge in [-0.05, 0) is 0 Å². The van der Waals surface area contributed by atoms with Crippen LogP contribution in [0.15, 0.2) is 0 Å². The minimum Gasteiger partial charge on any atom is -0.412 e. The molecule has 0 aromatic heterocycles. The quantitative estimate of drug-likeness (QED) is 0.395. The summed E-state index contributed by atoms with van der Waals surface area (Å²) in [6.45, 7) is 0. The van der Waals surface area contributed by atoms with Crippen LogP contribution in [0.3, 0.4) is 0 Å². The second-order valence-corrected chi connectivity index (χ2v) is 0. The van der Waals surface area contributed by atoms with Crippen LogP contribution in [0.1, 0.15) is 0 Å². The molecule has 0 spiro atoms. The second-order valence-electron chi connectivity index (χ2n) is 0. The Morgan fingerprint density at radius 3 is 0.200 bits per heavy atom. The Kier molecular flexibility index (Phi) is 2530. The first kappa shape index (κ1) is 180. The van der Waals surface area contributed by atoms with Gasteiger partial charge in [0, 0.05) is 109 Å². The third kappa shape index (κ3) is 108. The molecule has 0 aromatic rings. The molecule has 10 N–H and O–H groups in total. The van der Waals surface area contributed by atoms with Crippen molar-refractivity contribution in [2.45, 2.75) is 0 Å². The van der Waals surface area contributed by atoms with Crippen LogP contribution in [0.25, 0.3) is 0 Å². The van der Waals surface area contributed by atoms with Gasteiger partial charge in [0.05, 0.1) is 0 Å². The average molecular weight is 329 g/mol. The Hall–Kier alpha value is 3.37. The summed E-state index contributed by atoms with van der Waals surface area (Å²) in [7, 11) is 0. The first-order chi connectivity index (χ1) is 0. The van der Waals surface area contributed by atoms with Gasteiger partial charge in [0.25, 0.3) is 0 Å². The molecule has 0 bridgehead atoms. The first-order valence-corrected chi connectivity index (χ1v) is 0. The maximum absolute atomic E-state index is 0. The third-order valence-electron chi connectivity index (χ3n) is 0. The Bertz CT molecular complexity index is 10.0. The van der Waals surface area contributed by atoms with E-state index in [2.05, 4.69) is 0 Å². The van der Waals surface area contributed by atoms with Gasteiger partial charge >= 0.3 is 0 Å². The molecule has 10 heteroatoms. The van der Waals surface area contributed by atoms with Crippen LogP contribution in [0.2, 0.25) is 0 Å². The fraction of sp³-hybridized carbons (Fsp3) is 0. The monoisotopic (exact) mass is 330 g/mol. The summed E-state index contributed by atoms with van der Waals surface area (Å²) in [5.41, 5.74) is 0. The van der Waals surface area contributed by atoms with Gasteiger partial charge in [0.15, 0.2) is 0 Å². The number of rotatable bonds is 0. The van der Waals surface area contributed by atoms with Crippen LogP contribution in [0.4, 0.5) is 0 Å². The van der Waals surface area contributed by atoms with Gasteiger partial charge in [0.2, 0.25) is 0 Å². The molecule has 10 heavy (non-hydrogen) atoms. The zero-order chi connectivity index (χ0) is 0. The van der Waals surface area contributed by atoms with E-state index in [-0.39, 0.29) is 136 Å². The van der Waals surface area contributed by atoms with E-state index in [1.165, 1.54) is 0 Å². The molecule has 0 radical (unpaired) electrons. The van der Waals surface area contributed by atoms with E-state index in [9.17, 15) is 0 Å². The molecule has 60 valence electrons. The summed E-state index contributed by atoms with van der Waals surface area (Å²) in [5, 5.41) is 0.